The number of benzene rings is 1. The number of carbonyl (C=O) groups is 1. The zero-order valence-electron chi connectivity index (χ0n) is 11.6. The normalized spacial score (nSPS) is 21.0. The van der Waals surface area contributed by atoms with Gasteiger partial charge in [-0.2, -0.15) is 5.10 Å². The average Bonchev–Trinajstić information content (AvgIpc) is 2.78. The number of hydrogen-bond donors (Lipinski definition) is 1. The summed E-state index contributed by atoms with van der Waals surface area (Å²) in [5.41, 5.74) is 3.46. The topological polar surface area (TPSA) is 75.6 Å². The van der Waals surface area contributed by atoms with Gasteiger partial charge >= 0.3 is 0 Å². The largest absolute Gasteiger partial charge is 0.273 e. The van der Waals surface area contributed by atoms with Crippen molar-refractivity contribution in [1.82, 2.24) is 5.43 Å². The summed E-state index contributed by atoms with van der Waals surface area (Å²) in [4.78, 5) is 11.6. The fourth-order valence-corrected chi connectivity index (χ4v) is 4.07. The molecule has 0 spiro atoms. The van der Waals surface area contributed by atoms with E-state index in [1.807, 2.05) is 36.4 Å². The highest BCUT2D eigenvalue weighted by Gasteiger charge is 2.29. The van der Waals surface area contributed by atoms with Crippen LogP contribution in [0.2, 0.25) is 0 Å². The molecule has 1 saturated heterocycles. The highest BCUT2D eigenvalue weighted by atomic mass is 32.2. The number of nitrogens with zero attached hydrogens (tertiary/aromatic N) is 1. The van der Waals surface area contributed by atoms with Crippen LogP contribution in [0, 0.1) is 5.92 Å². The molecule has 1 N–H and O–H groups in total. The molecule has 112 valence electrons. The van der Waals surface area contributed by atoms with E-state index in [-0.39, 0.29) is 29.8 Å². The van der Waals surface area contributed by atoms with Gasteiger partial charge in [-0.1, -0.05) is 36.4 Å². The second kappa shape index (κ2) is 7.17. The minimum Gasteiger partial charge on any atom is -0.273 e. The lowest BCUT2D eigenvalue weighted by Crippen LogP contribution is -2.21. The van der Waals surface area contributed by atoms with Crippen molar-refractivity contribution < 1.29 is 13.2 Å². The molecule has 2 rings (SSSR count). The average molecular weight is 306 g/mol. The molecule has 0 radical (unpaired) electrons. The first-order valence-electron chi connectivity index (χ1n) is 6.79. The first-order valence-corrected chi connectivity index (χ1v) is 8.61. The van der Waals surface area contributed by atoms with Gasteiger partial charge in [0.1, 0.15) is 0 Å². The zero-order chi connectivity index (χ0) is 15.1. The number of carbonyl (C=O) groups excluding carboxylic acids is 1. The maximum atomic E-state index is 11.6. The fourth-order valence-electron chi connectivity index (χ4n) is 2.21. The van der Waals surface area contributed by atoms with Gasteiger partial charge < -0.3 is 0 Å². The molecule has 1 amide bonds. The maximum Gasteiger partial charge on any atom is 0.240 e. The third-order valence-electron chi connectivity index (χ3n) is 3.24. The molecule has 1 heterocycles. The summed E-state index contributed by atoms with van der Waals surface area (Å²) in [7, 11) is -2.93. The van der Waals surface area contributed by atoms with Gasteiger partial charge in [0.25, 0.3) is 0 Å². The van der Waals surface area contributed by atoms with Crippen LogP contribution in [0.5, 0.6) is 0 Å². The molecule has 1 fully saturated rings. The molecule has 21 heavy (non-hydrogen) atoms. The Morgan fingerprint density at radius 1 is 1.33 bits per heavy atom. The van der Waals surface area contributed by atoms with E-state index < -0.39 is 9.84 Å². The Bertz CT molecular complexity index is 636. The van der Waals surface area contributed by atoms with Gasteiger partial charge in [-0.25, -0.2) is 13.8 Å². The first kappa shape index (κ1) is 15.4. The van der Waals surface area contributed by atoms with E-state index in [1.165, 1.54) is 6.21 Å². The van der Waals surface area contributed by atoms with Crippen molar-refractivity contribution in [3.05, 3.63) is 42.0 Å². The Kier molecular flexibility index (Phi) is 5.27. The van der Waals surface area contributed by atoms with Crippen LogP contribution in [-0.2, 0) is 14.6 Å². The van der Waals surface area contributed by atoms with Gasteiger partial charge in [0, 0.05) is 12.6 Å². The number of sulfone groups is 1. The Labute approximate surface area is 124 Å². The van der Waals surface area contributed by atoms with Crippen LogP contribution in [0.1, 0.15) is 18.4 Å². The lowest BCUT2D eigenvalue weighted by atomic mass is 10.1. The lowest BCUT2D eigenvalue weighted by Gasteiger charge is -2.04. The van der Waals surface area contributed by atoms with Crippen LogP contribution in [0.25, 0.3) is 6.08 Å². The summed E-state index contributed by atoms with van der Waals surface area (Å²) < 4.78 is 22.6. The van der Waals surface area contributed by atoms with E-state index in [4.69, 9.17) is 0 Å². The van der Waals surface area contributed by atoms with Crippen LogP contribution in [0.3, 0.4) is 0 Å². The predicted molar refractivity (Wildman–Crippen MR) is 83.5 cm³/mol. The van der Waals surface area contributed by atoms with E-state index >= 15 is 0 Å². The standard InChI is InChI=1S/C15H18N2O3S/c18-15(11-14-8-10-21(19,20)12-14)17-16-9-4-7-13-5-2-1-3-6-13/h1-7,9,14H,8,10-12H2,(H,17,18)/b7-4+,16-9+. The van der Waals surface area contributed by atoms with Crippen molar-refractivity contribution in [1.29, 1.82) is 0 Å². The molecule has 0 saturated carbocycles. The number of nitrogens with one attached hydrogen (secondary N) is 1. The summed E-state index contributed by atoms with van der Waals surface area (Å²) in [5, 5.41) is 3.80. The van der Waals surface area contributed by atoms with Gasteiger partial charge in [0.15, 0.2) is 9.84 Å². The van der Waals surface area contributed by atoms with Crippen LogP contribution in [0.4, 0.5) is 0 Å². The quantitative estimate of drug-likeness (QED) is 0.663. The zero-order valence-corrected chi connectivity index (χ0v) is 12.4. The highest BCUT2D eigenvalue weighted by molar-refractivity contribution is 7.91. The molecular weight excluding hydrogens is 288 g/mol. The Morgan fingerprint density at radius 2 is 2.10 bits per heavy atom. The fraction of sp³-hybridized carbons (Fsp3) is 0.333. The number of allylic oxidation sites excluding steroid dienone is 1. The summed E-state index contributed by atoms with van der Waals surface area (Å²) in [6.07, 6.45) is 5.87. The van der Waals surface area contributed by atoms with Crippen molar-refractivity contribution in [2.45, 2.75) is 12.8 Å². The number of hydrogen-bond acceptors (Lipinski definition) is 4. The van der Waals surface area contributed by atoms with E-state index in [0.717, 1.165) is 5.56 Å². The first-order chi connectivity index (χ1) is 10.1. The van der Waals surface area contributed by atoms with Gasteiger partial charge in [-0.3, -0.25) is 4.79 Å². The summed E-state index contributed by atoms with van der Waals surface area (Å²) >= 11 is 0. The van der Waals surface area contributed by atoms with E-state index in [9.17, 15) is 13.2 Å². The second-order valence-corrected chi connectivity index (χ2v) is 7.28. The maximum absolute atomic E-state index is 11.6. The molecular formula is C15H18N2O3S. The predicted octanol–water partition coefficient (Wildman–Crippen LogP) is 1.63. The summed E-state index contributed by atoms with van der Waals surface area (Å²) in [5.74, 6) is -0.0296. The third-order valence-corrected chi connectivity index (χ3v) is 5.08. The van der Waals surface area contributed by atoms with Crippen molar-refractivity contribution >= 4 is 28.0 Å². The second-order valence-electron chi connectivity index (χ2n) is 5.06. The molecule has 0 aliphatic carbocycles. The van der Waals surface area contributed by atoms with Crippen molar-refractivity contribution in [3.63, 3.8) is 0 Å². The molecule has 1 aliphatic heterocycles. The molecule has 1 unspecified atom stereocenters. The van der Waals surface area contributed by atoms with Gasteiger partial charge in [0.2, 0.25) is 5.91 Å². The number of amides is 1. The minimum absolute atomic E-state index is 0.0786. The Balaban J connectivity index is 1.72. The van der Waals surface area contributed by atoms with Crippen molar-refractivity contribution in [2.75, 3.05) is 11.5 Å². The van der Waals surface area contributed by atoms with Crippen molar-refractivity contribution in [3.8, 4) is 0 Å². The number of rotatable bonds is 5. The molecule has 1 atom stereocenters. The molecule has 6 heteroatoms. The molecule has 0 bridgehead atoms. The van der Waals surface area contributed by atoms with E-state index in [0.29, 0.717) is 6.42 Å². The smallest absolute Gasteiger partial charge is 0.240 e. The van der Waals surface area contributed by atoms with Crippen LogP contribution in [0.15, 0.2) is 41.5 Å². The van der Waals surface area contributed by atoms with Crippen LogP contribution >= 0.6 is 0 Å². The molecule has 1 aromatic carbocycles. The van der Waals surface area contributed by atoms with Crippen LogP contribution in [-0.4, -0.2) is 32.0 Å². The van der Waals surface area contributed by atoms with Crippen LogP contribution < -0.4 is 5.43 Å². The monoisotopic (exact) mass is 306 g/mol. The van der Waals surface area contributed by atoms with Gasteiger partial charge in [-0.05, 0) is 24.0 Å². The lowest BCUT2D eigenvalue weighted by molar-refractivity contribution is -0.121. The van der Waals surface area contributed by atoms with Gasteiger partial charge in [-0.15, -0.1) is 0 Å². The van der Waals surface area contributed by atoms with Gasteiger partial charge in [0.05, 0.1) is 11.5 Å². The Morgan fingerprint density at radius 3 is 2.76 bits per heavy atom. The third kappa shape index (κ3) is 5.51. The summed E-state index contributed by atoms with van der Waals surface area (Å²) in [6.45, 7) is 0. The number of hydrazone groups is 1. The molecule has 0 aromatic heterocycles. The molecule has 1 aromatic rings. The minimum atomic E-state index is -2.93. The summed E-state index contributed by atoms with van der Waals surface area (Å²) in [6, 6.07) is 9.74. The van der Waals surface area contributed by atoms with E-state index in [2.05, 4.69) is 10.5 Å². The SMILES string of the molecule is O=C(CC1CCS(=O)(=O)C1)N/N=C/C=C/c1ccccc1. The van der Waals surface area contributed by atoms with E-state index in [1.54, 1.807) is 6.08 Å². The molecule has 5 nitrogen and oxygen atoms in total. The Hall–Kier alpha value is -1.95. The highest BCUT2D eigenvalue weighted by Crippen LogP contribution is 2.21. The molecule has 1 aliphatic rings. The van der Waals surface area contributed by atoms with Crippen molar-refractivity contribution in [2.24, 2.45) is 11.0 Å².